The summed E-state index contributed by atoms with van der Waals surface area (Å²) < 4.78 is 11.5. The van der Waals surface area contributed by atoms with Crippen LogP contribution in [0, 0.1) is 0 Å². The van der Waals surface area contributed by atoms with Gasteiger partial charge in [0.15, 0.2) is 5.78 Å². The van der Waals surface area contributed by atoms with Gasteiger partial charge in [0, 0.05) is 23.1 Å². The molecule has 2 aromatic rings. The number of likely N-dealkylation sites (tertiary alicyclic amines) is 1. The average molecular weight is 448 g/mol. The topological polar surface area (TPSA) is 55.8 Å². The van der Waals surface area contributed by atoms with Crippen molar-refractivity contribution in [3.05, 3.63) is 71.3 Å². The number of rotatable bonds is 6. The Morgan fingerprint density at radius 2 is 1.82 bits per heavy atom. The first-order chi connectivity index (χ1) is 15.7. The van der Waals surface area contributed by atoms with Crippen LogP contribution in [0.25, 0.3) is 6.08 Å². The molecular weight excluding hydrogens is 414 g/mol. The van der Waals surface area contributed by atoms with E-state index in [0.29, 0.717) is 18.6 Å². The molecule has 0 radical (unpaired) electrons. The Bertz CT molecular complexity index is 1030. The predicted octanol–water partition coefficient (Wildman–Crippen LogP) is 5.04. The Labute approximate surface area is 196 Å². The number of hydrogen-bond donors (Lipinski definition) is 0. The standard InChI is InChI=1S/C28H33NO4/c1-27(2,3)33-26(31)13-16-29-17-14-28(15-18-29)20-32-25-19-22(10-11-23(25)28)24(30)12-9-21-7-5-4-6-8-21/h4-12,19H,13-18,20H2,1-3H3. The van der Waals surface area contributed by atoms with Crippen LogP contribution in [-0.2, 0) is 14.9 Å². The lowest BCUT2D eigenvalue weighted by Crippen LogP contribution is -2.44. The van der Waals surface area contributed by atoms with Gasteiger partial charge in [0.2, 0.25) is 0 Å². The van der Waals surface area contributed by atoms with Gasteiger partial charge >= 0.3 is 5.97 Å². The van der Waals surface area contributed by atoms with Crippen LogP contribution < -0.4 is 4.74 Å². The highest BCUT2D eigenvalue weighted by Crippen LogP contribution is 2.45. The highest BCUT2D eigenvalue weighted by atomic mass is 16.6. The Kier molecular flexibility index (Phi) is 6.71. The molecule has 5 nitrogen and oxygen atoms in total. The lowest BCUT2D eigenvalue weighted by Gasteiger charge is -2.38. The number of carbonyl (C=O) groups is 2. The quantitative estimate of drug-likeness (QED) is 0.353. The summed E-state index contributed by atoms with van der Waals surface area (Å²) in [5.41, 5.74) is 2.41. The summed E-state index contributed by atoms with van der Waals surface area (Å²) in [6.45, 7) is 8.90. The van der Waals surface area contributed by atoms with Crippen LogP contribution in [0.2, 0.25) is 0 Å². The highest BCUT2D eigenvalue weighted by molar-refractivity contribution is 6.07. The van der Waals surface area contributed by atoms with Crippen molar-refractivity contribution in [1.29, 1.82) is 0 Å². The SMILES string of the molecule is CC(C)(C)OC(=O)CCN1CCC2(CC1)COc1cc(C(=O)C=Cc3ccccc3)ccc12. The lowest BCUT2D eigenvalue weighted by molar-refractivity contribution is -0.155. The van der Waals surface area contributed by atoms with E-state index in [1.807, 2.05) is 69.3 Å². The number of benzene rings is 2. The summed E-state index contributed by atoms with van der Waals surface area (Å²) in [5.74, 6) is 0.662. The molecule has 4 rings (SSSR count). The first-order valence-corrected chi connectivity index (χ1v) is 11.7. The number of carbonyl (C=O) groups excluding carboxylic acids is 2. The summed E-state index contributed by atoms with van der Waals surface area (Å²) in [6, 6.07) is 15.7. The van der Waals surface area contributed by atoms with Crippen molar-refractivity contribution < 1.29 is 19.1 Å². The van der Waals surface area contributed by atoms with Crippen molar-refractivity contribution in [2.24, 2.45) is 0 Å². The fraction of sp³-hybridized carbons (Fsp3) is 0.429. The van der Waals surface area contributed by atoms with Crippen molar-refractivity contribution in [3.63, 3.8) is 0 Å². The van der Waals surface area contributed by atoms with Crippen LogP contribution in [0.3, 0.4) is 0 Å². The van der Waals surface area contributed by atoms with E-state index < -0.39 is 5.60 Å². The maximum absolute atomic E-state index is 12.7. The smallest absolute Gasteiger partial charge is 0.307 e. The van der Waals surface area contributed by atoms with Crippen molar-refractivity contribution in [1.82, 2.24) is 4.90 Å². The van der Waals surface area contributed by atoms with E-state index in [4.69, 9.17) is 9.47 Å². The van der Waals surface area contributed by atoms with Crippen LogP contribution in [0.4, 0.5) is 0 Å². The van der Waals surface area contributed by atoms with E-state index in [1.54, 1.807) is 6.08 Å². The zero-order valence-electron chi connectivity index (χ0n) is 19.8. The molecule has 33 heavy (non-hydrogen) atoms. The second-order valence-corrected chi connectivity index (χ2v) is 10.1. The van der Waals surface area contributed by atoms with E-state index in [1.165, 1.54) is 5.56 Å². The maximum Gasteiger partial charge on any atom is 0.307 e. The Morgan fingerprint density at radius 1 is 1.09 bits per heavy atom. The zero-order valence-corrected chi connectivity index (χ0v) is 19.8. The molecule has 2 heterocycles. The van der Waals surface area contributed by atoms with Crippen molar-refractivity contribution in [2.45, 2.75) is 51.0 Å². The van der Waals surface area contributed by atoms with Crippen LogP contribution in [-0.4, -0.2) is 48.5 Å². The minimum Gasteiger partial charge on any atom is -0.492 e. The van der Waals surface area contributed by atoms with Gasteiger partial charge in [0.25, 0.3) is 0 Å². The number of ketones is 1. The van der Waals surface area contributed by atoms with Gasteiger partial charge in [-0.2, -0.15) is 0 Å². The number of allylic oxidation sites excluding steroid dienone is 1. The van der Waals surface area contributed by atoms with Crippen LogP contribution in [0.15, 0.2) is 54.6 Å². The monoisotopic (exact) mass is 447 g/mol. The average Bonchev–Trinajstić information content (AvgIpc) is 3.14. The fourth-order valence-corrected chi connectivity index (χ4v) is 4.62. The Balaban J connectivity index is 1.35. The third-order valence-corrected chi connectivity index (χ3v) is 6.43. The molecule has 2 aromatic carbocycles. The first-order valence-electron chi connectivity index (χ1n) is 11.7. The van der Waals surface area contributed by atoms with Crippen LogP contribution in [0.5, 0.6) is 5.75 Å². The molecule has 0 saturated carbocycles. The van der Waals surface area contributed by atoms with Gasteiger partial charge in [-0.15, -0.1) is 0 Å². The first kappa shape index (κ1) is 23.2. The second-order valence-electron chi connectivity index (χ2n) is 10.1. The third kappa shape index (κ3) is 5.72. The van der Waals surface area contributed by atoms with E-state index in [9.17, 15) is 9.59 Å². The number of hydrogen-bond acceptors (Lipinski definition) is 5. The molecule has 0 amide bonds. The van der Waals surface area contributed by atoms with Gasteiger partial charge in [-0.3, -0.25) is 9.59 Å². The number of ether oxygens (including phenoxy) is 2. The molecule has 0 bridgehead atoms. The summed E-state index contributed by atoms with van der Waals surface area (Å²) in [6.07, 6.45) is 5.83. The summed E-state index contributed by atoms with van der Waals surface area (Å²) in [7, 11) is 0. The van der Waals surface area contributed by atoms with Gasteiger partial charge < -0.3 is 14.4 Å². The molecule has 174 valence electrons. The molecule has 1 spiro atoms. The van der Waals surface area contributed by atoms with Crippen LogP contribution >= 0.6 is 0 Å². The molecule has 1 fully saturated rings. The molecule has 0 unspecified atom stereocenters. The molecule has 0 atom stereocenters. The summed E-state index contributed by atoms with van der Waals surface area (Å²) >= 11 is 0. The van der Waals surface area contributed by atoms with Crippen molar-refractivity contribution >= 4 is 17.8 Å². The number of piperidine rings is 1. The van der Waals surface area contributed by atoms with Crippen LogP contribution in [0.1, 0.15) is 61.5 Å². The number of fused-ring (bicyclic) bond motifs is 2. The maximum atomic E-state index is 12.7. The van der Waals surface area contributed by atoms with Crippen molar-refractivity contribution in [3.8, 4) is 5.75 Å². The lowest BCUT2D eigenvalue weighted by atomic mass is 9.74. The normalized spacial score (nSPS) is 17.7. The molecule has 0 N–H and O–H groups in total. The molecule has 5 heteroatoms. The predicted molar refractivity (Wildman–Crippen MR) is 130 cm³/mol. The summed E-state index contributed by atoms with van der Waals surface area (Å²) in [4.78, 5) is 27.0. The minimum atomic E-state index is -0.439. The highest BCUT2D eigenvalue weighted by Gasteiger charge is 2.43. The molecule has 2 aliphatic heterocycles. The van der Waals surface area contributed by atoms with Crippen molar-refractivity contribution in [2.75, 3.05) is 26.2 Å². The zero-order chi connectivity index (χ0) is 23.5. The van der Waals surface area contributed by atoms with Gasteiger partial charge in [0.05, 0.1) is 13.0 Å². The van der Waals surface area contributed by atoms with Gasteiger partial charge in [0.1, 0.15) is 11.4 Å². The molecule has 1 saturated heterocycles. The molecule has 0 aromatic heterocycles. The Hall–Kier alpha value is -2.92. The largest absolute Gasteiger partial charge is 0.492 e. The number of nitrogens with zero attached hydrogens (tertiary/aromatic N) is 1. The molecule has 0 aliphatic carbocycles. The van der Waals surface area contributed by atoms with E-state index in [0.717, 1.165) is 43.8 Å². The second kappa shape index (κ2) is 9.52. The number of esters is 1. The van der Waals surface area contributed by atoms with Gasteiger partial charge in [-0.25, -0.2) is 0 Å². The molecular formula is C28H33NO4. The third-order valence-electron chi connectivity index (χ3n) is 6.43. The summed E-state index contributed by atoms with van der Waals surface area (Å²) in [5, 5.41) is 0. The van der Waals surface area contributed by atoms with E-state index >= 15 is 0 Å². The molecule has 2 aliphatic rings. The Morgan fingerprint density at radius 3 is 2.52 bits per heavy atom. The minimum absolute atomic E-state index is 0.000786. The van der Waals surface area contributed by atoms with E-state index in [2.05, 4.69) is 11.0 Å². The van der Waals surface area contributed by atoms with Gasteiger partial charge in [-0.1, -0.05) is 48.5 Å². The van der Waals surface area contributed by atoms with Gasteiger partial charge in [-0.05, 0) is 64.4 Å². The fourth-order valence-electron chi connectivity index (χ4n) is 4.62. The van der Waals surface area contributed by atoms with E-state index in [-0.39, 0.29) is 17.2 Å².